The predicted octanol–water partition coefficient (Wildman–Crippen LogP) is 3.61. The smallest absolute Gasteiger partial charge is 0.194 e. The lowest BCUT2D eigenvalue weighted by atomic mass is 9.83. The molecule has 2 aromatic rings. The van der Waals surface area contributed by atoms with Gasteiger partial charge in [0.05, 0.1) is 12.3 Å². The van der Waals surface area contributed by atoms with Crippen LogP contribution in [0.25, 0.3) is 0 Å². The highest BCUT2D eigenvalue weighted by Gasteiger charge is 2.31. The van der Waals surface area contributed by atoms with E-state index in [-0.39, 0.29) is 5.78 Å². The van der Waals surface area contributed by atoms with Crippen molar-refractivity contribution in [3.05, 3.63) is 70.3 Å². The summed E-state index contributed by atoms with van der Waals surface area (Å²) in [5.74, 6) is 0.123. The Balaban J connectivity index is 0.000000528. The molecular formula is C17H15NO. The van der Waals surface area contributed by atoms with Crippen LogP contribution >= 0.6 is 0 Å². The molecule has 0 saturated heterocycles. The van der Waals surface area contributed by atoms with Crippen LogP contribution in [0.1, 0.15) is 46.5 Å². The Kier molecular flexibility index (Phi) is 2.79. The van der Waals surface area contributed by atoms with Crippen LogP contribution in [0.3, 0.4) is 0 Å². The lowest BCUT2D eigenvalue weighted by molar-refractivity contribution is 0.103. The number of benzene rings is 2. The van der Waals surface area contributed by atoms with Gasteiger partial charge in [0.1, 0.15) is 0 Å². The molecule has 19 heavy (non-hydrogen) atoms. The summed E-state index contributed by atoms with van der Waals surface area (Å²) in [5, 5.41) is 0. The fourth-order valence-electron chi connectivity index (χ4n) is 2.70. The second-order valence-electron chi connectivity index (χ2n) is 4.38. The highest BCUT2D eigenvalue weighted by atomic mass is 16.1. The summed E-state index contributed by atoms with van der Waals surface area (Å²) in [6.07, 6.45) is 0. The van der Waals surface area contributed by atoms with Crippen LogP contribution in [-0.2, 0) is 6.54 Å². The molecule has 0 amide bonds. The summed E-state index contributed by atoms with van der Waals surface area (Å²) in [6.45, 7) is 4.69. The normalized spacial score (nSPS) is 14.0. The van der Waals surface area contributed by atoms with E-state index in [1.165, 1.54) is 5.56 Å². The molecule has 0 radical (unpaired) electrons. The van der Waals surface area contributed by atoms with Crippen LogP contribution in [0.4, 0.5) is 0 Å². The number of hydrogen-bond donors (Lipinski definition) is 0. The van der Waals surface area contributed by atoms with Crippen LogP contribution in [-0.4, -0.2) is 11.5 Å². The standard InChI is InChI=1S/C15H9NO.C2H6/c17-15-11-6-2-1-5-10(11)14-13-9(8-16-14)4-3-7-12(13)15;1-2/h1-7H,8H2;1-2H3. The Morgan fingerprint density at radius 2 is 1.58 bits per heavy atom. The number of aliphatic imine (C=N–C) groups is 1. The molecule has 2 aromatic carbocycles. The predicted molar refractivity (Wildman–Crippen MR) is 77.0 cm³/mol. The van der Waals surface area contributed by atoms with Gasteiger partial charge in [0.2, 0.25) is 0 Å². The third-order valence-electron chi connectivity index (χ3n) is 3.47. The Labute approximate surface area is 112 Å². The number of ketones is 1. The fourth-order valence-corrected chi connectivity index (χ4v) is 2.70. The maximum absolute atomic E-state index is 12.4. The van der Waals surface area contributed by atoms with Gasteiger partial charge in [-0.2, -0.15) is 0 Å². The Morgan fingerprint density at radius 3 is 2.37 bits per heavy atom. The highest BCUT2D eigenvalue weighted by molar-refractivity contribution is 6.31. The van der Waals surface area contributed by atoms with Gasteiger partial charge in [-0.3, -0.25) is 9.79 Å². The highest BCUT2D eigenvalue weighted by Crippen LogP contribution is 2.33. The lowest BCUT2D eigenvalue weighted by Gasteiger charge is -2.18. The zero-order valence-electron chi connectivity index (χ0n) is 11.1. The molecule has 0 bridgehead atoms. The minimum Gasteiger partial charge on any atom is -0.289 e. The van der Waals surface area contributed by atoms with Crippen LogP contribution < -0.4 is 0 Å². The van der Waals surface area contributed by atoms with Crippen molar-refractivity contribution in [3.8, 4) is 0 Å². The first kappa shape index (κ1) is 11.8. The third-order valence-corrected chi connectivity index (χ3v) is 3.47. The van der Waals surface area contributed by atoms with Crippen molar-refractivity contribution in [1.82, 2.24) is 0 Å². The lowest BCUT2D eigenvalue weighted by Crippen LogP contribution is -2.20. The van der Waals surface area contributed by atoms with E-state index in [2.05, 4.69) is 11.1 Å². The maximum Gasteiger partial charge on any atom is 0.194 e. The van der Waals surface area contributed by atoms with Crippen LogP contribution in [0.5, 0.6) is 0 Å². The first-order chi connectivity index (χ1) is 9.36. The largest absolute Gasteiger partial charge is 0.289 e. The SMILES string of the molecule is CC.O=C1c2ccccc2C2=NCc3cccc1c32. The topological polar surface area (TPSA) is 29.4 Å². The fraction of sp³-hybridized carbons (Fsp3) is 0.176. The second-order valence-corrected chi connectivity index (χ2v) is 4.38. The molecule has 2 heteroatoms. The van der Waals surface area contributed by atoms with Gasteiger partial charge in [0.15, 0.2) is 5.78 Å². The molecule has 0 atom stereocenters. The molecular weight excluding hydrogens is 234 g/mol. The van der Waals surface area contributed by atoms with E-state index in [4.69, 9.17) is 0 Å². The molecule has 1 aliphatic heterocycles. The first-order valence-corrected chi connectivity index (χ1v) is 6.67. The molecule has 1 heterocycles. The maximum atomic E-state index is 12.4. The van der Waals surface area contributed by atoms with Gasteiger partial charge >= 0.3 is 0 Å². The Hall–Kier alpha value is -2.22. The minimum absolute atomic E-state index is 0.123. The van der Waals surface area contributed by atoms with Gasteiger partial charge in [-0.1, -0.05) is 56.3 Å². The van der Waals surface area contributed by atoms with Crippen LogP contribution in [0, 0.1) is 0 Å². The zero-order valence-corrected chi connectivity index (χ0v) is 11.1. The van der Waals surface area contributed by atoms with E-state index in [1.54, 1.807) is 0 Å². The summed E-state index contributed by atoms with van der Waals surface area (Å²) in [7, 11) is 0. The van der Waals surface area contributed by atoms with Crippen molar-refractivity contribution in [2.24, 2.45) is 4.99 Å². The summed E-state index contributed by atoms with van der Waals surface area (Å²) >= 11 is 0. The number of hydrogen-bond acceptors (Lipinski definition) is 2. The van der Waals surface area contributed by atoms with Gasteiger partial charge in [-0.15, -0.1) is 0 Å². The number of rotatable bonds is 0. The number of nitrogens with zero attached hydrogens (tertiary/aromatic N) is 1. The molecule has 0 fully saturated rings. The molecule has 2 nitrogen and oxygen atoms in total. The molecule has 0 unspecified atom stereocenters. The molecule has 0 spiro atoms. The summed E-state index contributed by atoms with van der Waals surface area (Å²) in [4.78, 5) is 17.0. The van der Waals surface area contributed by atoms with Crippen molar-refractivity contribution < 1.29 is 4.79 Å². The molecule has 0 aromatic heterocycles. The van der Waals surface area contributed by atoms with Gasteiger partial charge in [-0.25, -0.2) is 0 Å². The average molecular weight is 249 g/mol. The number of fused-ring (bicyclic) bond motifs is 2. The zero-order chi connectivity index (χ0) is 13.4. The molecule has 1 aliphatic carbocycles. The summed E-state index contributed by atoms with van der Waals surface area (Å²) in [6, 6.07) is 13.6. The third kappa shape index (κ3) is 1.56. The van der Waals surface area contributed by atoms with Gasteiger partial charge < -0.3 is 0 Å². The summed E-state index contributed by atoms with van der Waals surface area (Å²) < 4.78 is 0. The number of carbonyl (C=O) groups is 1. The Bertz CT molecular complexity index is 698. The van der Waals surface area contributed by atoms with E-state index < -0.39 is 0 Å². The molecule has 0 N–H and O–H groups in total. The second kappa shape index (κ2) is 4.47. The van der Waals surface area contributed by atoms with Gasteiger partial charge in [0.25, 0.3) is 0 Å². The van der Waals surface area contributed by atoms with E-state index in [0.717, 1.165) is 28.0 Å². The van der Waals surface area contributed by atoms with Crippen LogP contribution in [0.15, 0.2) is 47.5 Å². The van der Waals surface area contributed by atoms with Crippen molar-refractivity contribution in [2.75, 3.05) is 0 Å². The molecule has 2 aliphatic rings. The van der Waals surface area contributed by atoms with Crippen molar-refractivity contribution in [3.63, 3.8) is 0 Å². The van der Waals surface area contributed by atoms with E-state index in [0.29, 0.717) is 6.54 Å². The van der Waals surface area contributed by atoms with Crippen LogP contribution in [0.2, 0.25) is 0 Å². The molecule has 94 valence electrons. The molecule has 0 saturated carbocycles. The van der Waals surface area contributed by atoms with Gasteiger partial charge in [0, 0.05) is 22.3 Å². The van der Waals surface area contributed by atoms with E-state index in [1.807, 2.05) is 50.2 Å². The van der Waals surface area contributed by atoms with Crippen molar-refractivity contribution in [1.29, 1.82) is 0 Å². The van der Waals surface area contributed by atoms with Gasteiger partial charge in [-0.05, 0) is 5.56 Å². The van der Waals surface area contributed by atoms with E-state index >= 15 is 0 Å². The monoisotopic (exact) mass is 249 g/mol. The Morgan fingerprint density at radius 1 is 0.895 bits per heavy atom. The number of carbonyl (C=O) groups excluding carboxylic acids is 1. The van der Waals surface area contributed by atoms with Crippen molar-refractivity contribution >= 4 is 11.5 Å². The molecule has 4 rings (SSSR count). The minimum atomic E-state index is 0.123. The quantitative estimate of drug-likeness (QED) is 0.598. The first-order valence-electron chi connectivity index (χ1n) is 6.67. The van der Waals surface area contributed by atoms with Crippen molar-refractivity contribution in [2.45, 2.75) is 20.4 Å². The summed E-state index contributed by atoms with van der Waals surface area (Å²) in [5.41, 5.74) is 5.77. The van der Waals surface area contributed by atoms with E-state index in [9.17, 15) is 4.79 Å². The average Bonchev–Trinajstić information content (AvgIpc) is 2.92.